The van der Waals surface area contributed by atoms with Gasteiger partial charge in [-0.15, -0.1) is 0 Å². The van der Waals surface area contributed by atoms with Gasteiger partial charge in [-0.2, -0.15) is 9.78 Å². The molecule has 6 aromatic rings. The van der Waals surface area contributed by atoms with Crippen molar-refractivity contribution in [3.8, 4) is 17.3 Å². The molecule has 3 aromatic carbocycles. The summed E-state index contributed by atoms with van der Waals surface area (Å²) in [7, 11) is 1.58. The number of benzene rings is 3. The molecule has 0 bridgehead atoms. The summed E-state index contributed by atoms with van der Waals surface area (Å²) in [6.07, 6.45) is 1.58. The molecule has 0 amide bonds. The molecule has 0 unspecified atom stereocenters. The van der Waals surface area contributed by atoms with Crippen molar-refractivity contribution in [2.75, 3.05) is 7.11 Å². The van der Waals surface area contributed by atoms with Crippen molar-refractivity contribution in [3.05, 3.63) is 94.4 Å². The molecular formula is C30H24N4O5. The molecule has 0 spiro atoms. The molecule has 0 saturated carbocycles. The highest BCUT2D eigenvalue weighted by atomic mass is 16.5. The van der Waals surface area contributed by atoms with Gasteiger partial charge in [0.1, 0.15) is 17.4 Å². The number of carboxylic acid groups (broad SMARTS) is 1. The smallest absolute Gasteiger partial charge is 0.326 e. The number of rotatable bonds is 6. The summed E-state index contributed by atoms with van der Waals surface area (Å²) in [4.78, 5) is 30.3. The number of aliphatic carboxylic acids is 1. The second-order valence-electron chi connectivity index (χ2n) is 9.20. The van der Waals surface area contributed by atoms with Crippen LogP contribution in [0.25, 0.3) is 44.4 Å². The molecule has 0 aliphatic rings. The maximum atomic E-state index is 13.7. The van der Waals surface area contributed by atoms with Gasteiger partial charge >= 0.3 is 5.97 Å². The van der Waals surface area contributed by atoms with Crippen LogP contribution in [0.4, 0.5) is 0 Å². The second kappa shape index (κ2) is 9.29. The standard InChI is InChI=1S/C30H24N4O5/c1-17-22(19-9-5-7-12-24(19)33(17)18(2)30(36)37)16-31-34-28(32-23-11-6-4-10-20(23)29(34)35)27-15-21-25(38-3)13-8-14-26(21)39-27/h4-16,18H,1-3H3,(H,36,37)/t18-/m1/s1. The Morgan fingerprint density at radius 3 is 2.56 bits per heavy atom. The molecule has 1 atom stereocenters. The Hall–Kier alpha value is -5.18. The number of aromatic nitrogens is 3. The van der Waals surface area contributed by atoms with E-state index >= 15 is 0 Å². The van der Waals surface area contributed by atoms with E-state index < -0.39 is 12.0 Å². The van der Waals surface area contributed by atoms with Crippen LogP contribution >= 0.6 is 0 Å². The quantitative estimate of drug-likeness (QED) is 0.286. The number of hydrogen-bond acceptors (Lipinski definition) is 6. The number of fused-ring (bicyclic) bond motifs is 3. The molecule has 0 fully saturated rings. The minimum absolute atomic E-state index is 0.230. The fraction of sp³-hybridized carbons (Fsp3) is 0.133. The largest absolute Gasteiger partial charge is 0.496 e. The number of methoxy groups -OCH3 is 1. The summed E-state index contributed by atoms with van der Waals surface area (Å²) in [5, 5.41) is 16.3. The number of furan rings is 1. The normalized spacial score (nSPS) is 12.6. The lowest BCUT2D eigenvalue weighted by molar-refractivity contribution is -0.140. The number of carboxylic acids is 1. The van der Waals surface area contributed by atoms with Crippen molar-refractivity contribution in [2.24, 2.45) is 5.10 Å². The van der Waals surface area contributed by atoms with Crippen molar-refractivity contribution >= 4 is 45.0 Å². The van der Waals surface area contributed by atoms with Gasteiger partial charge in [-0.1, -0.05) is 36.4 Å². The van der Waals surface area contributed by atoms with Gasteiger partial charge in [0.05, 0.1) is 29.6 Å². The SMILES string of the molecule is COc1cccc2oc(-c3nc4ccccc4c(=O)n3N=Cc3c(C)n([C@H](C)C(=O)O)c4ccccc34)cc12. The molecule has 9 heteroatoms. The van der Waals surface area contributed by atoms with Crippen LogP contribution in [0.1, 0.15) is 24.2 Å². The minimum Gasteiger partial charge on any atom is -0.496 e. The average Bonchev–Trinajstić information content (AvgIpc) is 3.50. The summed E-state index contributed by atoms with van der Waals surface area (Å²) >= 11 is 0. The molecule has 194 valence electrons. The van der Waals surface area contributed by atoms with Crippen molar-refractivity contribution in [3.63, 3.8) is 0 Å². The number of para-hydroxylation sites is 2. The predicted octanol–water partition coefficient (Wildman–Crippen LogP) is 5.61. The van der Waals surface area contributed by atoms with Crippen LogP contribution in [-0.4, -0.2) is 38.6 Å². The van der Waals surface area contributed by atoms with Gasteiger partial charge in [-0.3, -0.25) is 4.79 Å². The summed E-state index contributed by atoms with van der Waals surface area (Å²) in [6, 6.07) is 21.0. The summed E-state index contributed by atoms with van der Waals surface area (Å²) in [5.41, 5.74) is 2.92. The molecule has 0 radical (unpaired) electrons. The van der Waals surface area contributed by atoms with E-state index in [1.807, 2.05) is 55.5 Å². The zero-order chi connectivity index (χ0) is 27.3. The van der Waals surface area contributed by atoms with Crippen LogP contribution in [0.2, 0.25) is 0 Å². The van der Waals surface area contributed by atoms with Gasteiger partial charge < -0.3 is 18.8 Å². The fourth-order valence-corrected chi connectivity index (χ4v) is 5.02. The molecule has 9 nitrogen and oxygen atoms in total. The Morgan fingerprint density at radius 1 is 1.05 bits per heavy atom. The monoisotopic (exact) mass is 520 g/mol. The van der Waals surface area contributed by atoms with E-state index in [1.54, 1.807) is 49.1 Å². The number of nitrogens with zero attached hydrogens (tertiary/aromatic N) is 4. The van der Waals surface area contributed by atoms with E-state index in [1.165, 1.54) is 4.68 Å². The highest BCUT2D eigenvalue weighted by molar-refractivity contribution is 6.02. The maximum absolute atomic E-state index is 13.7. The van der Waals surface area contributed by atoms with Crippen molar-refractivity contribution in [1.29, 1.82) is 0 Å². The Morgan fingerprint density at radius 2 is 1.79 bits per heavy atom. The molecule has 39 heavy (non-hydrogen) atoms. The summed E-state index contributed by atoms with van der Waals surface area (Å²) < 4.78 is 14.6. The van der Waals surface area contributed by atoms with Crippen LogP contribution in [0.3, 0.4) is 0 Å². The van der Waals surface area contributed by atoms with E-state index in [0.717, 1.165) is 16.3 Å². The lowest BCUT2D eigenvalue weighted by atomic mass is 10.1. The average molecular weight is 521 g/mol. The lowest BCUT2D eigenvalue weighted by Gasteiger charge is -2.13. The van der Waals surface area contributed by atoms with Crippen LogP contribution in [0, 0.1) is 6.92 Å². The van der Waals surface area contributed by atoms with Gasteiger partial charge in [-0.25, -0.2) is 9.78 Å². The Bertz CT molecular complexity index is 2000. The molecular weight excluding hydrogens is 496 g/mol. The second-order valence-corrected chi connectivity index (χ2v) is 9.20. The zero-order valence-electron chi connectivity index (χ0n) is 21.5. The first-order valence-electron chi connectivity index (χ1n) is 12.3. The fourth-order valence-electron chi connectivity index (χ4n) is 5.02. The van der Waals surface area contributed by atoms with Gasteiger partial charge in [-0.05, 0) is 50.2 Å². The first-order chi connectivity index (χ1) is 18.9. The highest BCUT2D eigenvalue weighted by Crippen LogP contribution is 2.33. The van der Waals surface area contributed by atoms with E-state index in [0.29, 0.717) is 39.3 Å². The van der Waals surface area contributed by atoms with E-state index in [2.05, 4.69) is 5.10 Å². The minimum atomic E-state index is -0.945. The van der Waals surface area contributed by atoms with E-state index in [4.69, 9.17) is 14.1 Å². The molecule has 3 heterocycles. The number of ether oxygens (including phenoxy) is 1. The molecule has 0 aliphatic heterocycles. The molecule has 1 N–H and O–H groups in total. The van der Waals surface area contributed by atoms with Gasteiger partial charge in [0.15, 0.2) is 5.76 Å². The highest BCUT2D eigenvalue weighted by Gasteiger charge is 2.22. The van der Waals surface area contributed by atoms with E-state index in [-0.39, 0.29) is 11.4 Å². The van der Waals surface area contributed by atoms with Crippen molar-refractivity contribution < 1.29 is 19.1 Å². The molecule has 6 rings (SSSR count). The summed E-state index contributed by atoms with van der Waals surface area (Å²) in [6.45, 7) is 3.48. The van der Waals surface area contributed by atoms with Crippen LogP contribution in [0.5, 0.6) is 5.75 Å². The van der Waals surface area contributed by atoms with Crippen LogP contribution in [-0.2, 0) is 4.79 Å². The van der Waals surface area contributed by atoms with Gasteiger partial charge in [0.2, 0.25) is 5.82 Å². The molecule has 0 saturated heterocycles. The Labute approximate surface area is 222 Å². The topological polar surface area (TPSA) is 112 Å². The van der Waals surface area contributed by atoms with Gasteiger partial charge in [0.25, 0.3) is 5.56 Å². The summed E-state index contributed by atoms with van der Waals surface area (Å²) in [5.74, 6) is 0.276. The first kappa shape index (κ1) is 24.2. The zero-order valence-corrected chi connectivity index (χ0v) is 21.5. The Kier molecular flexibility index (Phi) is 5.76. The molecule has 3 aromatic heterocycles. The van der Waals surface area contributed by atoms with Crippen LogP contribution < -0.4 is 10.3 Å². The third-order valence-electron chi connectivity index (χ3n) is 6.97. The maximum Gasteiger partial charge on any atom is 0.326 e. The van der Waals surface area contributed by atoms with Gasteiger partial charge in [0, 0.05) is 22.2 Å². The van der Waals surface area contributed by atoms with Crippen LogP contribution in [0.15, 0.2) is 87.1 Å². The third kappa shape index (κ3) is 3.86. The Balaban J connectivity index is 1.59. The van der Waals surface area contributed by atoms with Crippen molar-refractivity contribution in [2.45, 2.75) is 19.9 Å². The number of carbonyl (C=O) groups is 1. The lowest BCUT2D eigenvalue weighted by Crippen LogP contribution is -2.20. The molecule has 0 aliphatic carbocycles. The third-order valence-corrected chi connectivity index (χ3v) is 6.97. The first-order valence-corrected chi connectivity index (χ1v) is 12.3. The van der Waals surface area contributed by atoms with E-state index in [9.17, 15) is 14.7 Å². The number of hydrogen-bond donors (Lipinski definition) is 1. The predicted molar refractivity (Wildman–Crippen MR) is 150 cm³/mol. The van der Waals surface area contributed by atoms with Crippen molar-refractivity contribution in [1.82, 2.24) is 14.2 Å².